The van der Waals surface area contributed by atoms with Crippen LogP contribution in [0, 0.1) is 0 Å². The van der Waals surface area contributed by atoms with Crippen molar-refractivity contribution in [2.45, 2.75) is 18.8 Å². The van der Waals surface area contributed by atoms with E-state index in [9.17, 15) is 0 Å². The Bertz CT molecular complexity index is 3340. The van der Waals surface area contributed by atoms with Crippen molar-refractivity contribution in [3.63, 3.8) is 0 Å². The summed E-state index contributed by atoms with van der Waals surface area (Å²) in [7, 11) is 0. The normalized spacial score (nSPS) is 13.7. The molecule has 60 heavy (non-hydrogen) atoms. The molecule has 0 saturated carbocycles. The van der Waals surface area contributed by atoms with Crippen LogP contribution in [0.4, 0.5) is 17.1 Å². The zero-order valence-corrected chi connectivity index (χ0v) is 32.9. The summed E-state index contributed by atoms with van der Waals surface area (Å²) >= 11 is 0. The molecule has 284 valence electrons. The maximum Gasteiger partial charge on any atom is 0.136 e. The minimum Gasteiger partial charge on any atom is -0.456 e. The number of anilines is 3. The highest BCUT2D eigenvalue weighted by Gasteiger charge is 2.30. The smallest absolute Gasteiger partial charge is 0.136 e. The van der Waals surface area contributed by atoms with Crippen LogP contribution in [0.2, 0.25) is 0 Å². The first-order valence-electron chi connectivity index (χ1n) is 20.8. The molecule has 2 heterocycles. The predicted octanol–water partition coefficient (Wildman–Crippen LogP) is 16.0. The molecule has 1 atom stereocenters. The lowest BCUT2D eigenvalue weighted by atomic mass is 9.82. The molecule has 9 aromatic carbocycles. The number of hydrogen-bond acceptors (Lipinski definition) is 3. The van der Waals surface area contributed by atoms with E-state index in [0.717, 1.165) is 84.9 Å². The van der Waals surface area contributed by atoms with Crippen LogP contribution in [-0.2, 0) is 6.42 Å². The van der Waals surface area contributed by atoms with Gasteiger partial charge in [0.2, 0.25) is 0 Å². The Morgan fingerprint density at radius 3 is 1.77 bits per heavy atom. The van der Waals surface area contributed by atoms with E-state index < -0.39 is 0 Å². The van der Waals surface area contributed by atoms with Crippen molar-refractivity contribution < 1.29 is 8.83 Å². The van der Waals surface area contributed by atoms with Crippen LogP contribution in [0.15, 0.2) is 215 Å². The topological polar surface area (TPSA) is 29.5 Å². The molecule has 1 aliphatic carbocycles. The second-order valence-electron chi connectivity index (χ2n) is 15.9. The van der Waals surface area contributed by atoms with E-state index >= 15 is 0 Å². The Balaban J connectivity index is 1.10. The summed E-state index contributed by atoms with van der Waals surface area (Å²) in [5, 5.41) is 4.58. The Morgan fingerprint density at radius 2 is 1.00 bits per heavy atom. The summed E-state index contributed by atoms with van der Waals surface area (Å²) in [4.78, 5) is 2.36. The molecule has 12 rings (SSSR count). The fourth-order valence-electron chi connectivity index (χ4n) is 9.78. The molecule has 1 unspecified atom stereocenters. The van der Waals surface area contributed by atoms with Gasteiger partial charge in [0.1, 0.15) is 22.3 Å². The average molecular weight is 770 g/mol. The van der Waals surface area contributed by atoms with E-state index in [-0.39, 0.29) is 5.92 Å². The van der Waals surface area contributed by atoms with Gasteiger partial charge in [-0.1, -0.05) is 133 Å². The number of fused-ring (bicyclic) bond motifs is 9. The molecule has 0 radical (unpaired) electrons. The van der Waals surface area contributed by atoms with Crippen LogP contribution in [0.5, 0.6) is 0 Å². The molecule has 0 N–H and O–H groups in total. The van der Waals surface area contributed by atoms with Crippen LogP contribution < -0.4 is 4.90 Å². The monoisotopic (exact) mass is 769 g/mol. The second kappa shape index (κ2) is 14.0. The maximum absolute atomic E-state index is 6.69. The van der Waals surface area contributed by atoms with Crippen molar-refractivity contribution in [2.24, 2.45) is 0 Å². The molecule has 0 bridgehead atoms. The van der Waals surface area contributed by atoms with Gasteiger partial charge in [-0.2, -0.15) is 0 Å². The SMILES string of the molecule is c1ccc(-c2c3c(cc4oc5ccccc5c24)CCC(c2cccc(N(c4ccccc4)c4ccccc4)c2)c2ccc(-c4ccc5c(c4)oc4ccccc45)cc2-3)cc1. The van der Waals surface area contributed by atoms with Gasteiger partial charge in [0.05, 0.1) is 0 Å². The molecule has 3 heteroatoms. The van der Waals surface area contributed by atoms with Crippen molar-refractivity contribution in [1.29, 1.82) is 0 Å². The third-order valence-corrected chi connectivity index (χ3v) is 12.5. The first-order chi connectivity index (χ1) is 29.7. The molecule has 1 aliphatic rings. The van der Waals surface area contributed by atoms with Crippen molar-refractivity contribution in [3.8, 4) is 33.4 Å². The Kier molecular flexibility index (Phi) is 8.05. The van der Waals surface area contributed by atoms with Crippen LogP contribution >= 0.6 is 0 Å². The van der Waals surface area contributed by atoms with Crippen molar-refractivity contribution >= 4 is 60.9 Å². The number of benzene rings is 9. The number of hydrogen-bond donors (Lipinski definition) is 0. The highest BCUT2D eigenvalue weighted by atomic mass is 16.3. The Morgan fingerprint density at radius 1 is 0.400 bits per heavy atom. The second-order valence-corrected chi connectivity index (χ2v) is 15.9. The van der Waals surface area contributed by atoms with Crippen molar-refractivity contribution in [3.05, 3.63) is 223 Å². The molecule has 0 aliphatic heterocycles. The Labute approximate surface area is 348 Å². The number of aryl methyl sites for hydroxylation is 1. The van der Waals surface area contributed by atoms with E-state index in [4.69, 9.17) is 8.83 Å². The third kappa shape index (κ3) is 5.66. The lowest BCUT2D eigenvalue weighted by Crippen LogP contribution is -2.11. The lowest BCUT2D eigenvalue weighted by Gasteiger charge is -2.27. The van der Waals surface area contributed by atoms with E-state index in [1.807, 2.05) is 12.1 Å². The highest BCUT2D eigenvalue weighted by Crippen LogP contribution is 2.51. The van der Waals surface area contributed by atoms with Gasteiger partial charge in [-0.3, -0.25) is 0 Å². The van der Waals surface area contributed by atoms with E-state index in [1.165, 1.54) is 38.9 Å². The summed E-state index contributed by atoms with van der Waals surface area (Å²) in [6, 6.07) is 74.4. The van der Waals surface area contributed by atoms with Crippen LogP contribution in [0.3, 0.4) is 0 Å². The van der Waals surface area contributed by atoms with Gasteiger partial charge in [0.25, 0.3) is 0 Å². The summed E-state index contributed by atoms with van der Waals surface area (Å²) < 4.78 is 13.1. The number of para-hydroxylation sites is 4. The molecule has 2 aromatic heterocycles. The van der Waals surface area contributed by atoms with Crippen LogP contribution in [0.1, 0.15) is 29.0 Å². The third-order valence-electron chi connectivity index (χ3n) is 12.5. The summed E-state index contributed by atoms with van der Waals surface area (Å²) in [6.45, 7) is 0. The zero-order chi connectivity index (χ0) is 39.6. The lowest BCUT2D eigenvalue weighted by molar-refractivity contribution is 0.667. The van der Waals surface area contributed by atoms with Gasteiger partial charge >= 0.3 is 0 Å². The van der Waals surface area contributed by atoms with E-state index in [0.29, 0.717) is 0 Å². The van der Waals surface area contributed by atoms with Gasteiger partial charge in [-0.05, 0) is 130 Å². The largest absolute Gasteiger partial charge is 0.456 e. The van der Waals surface area contributed by atoms with E-state index in [2.05, 4.69) is 199 Å². The molecular weight excluding hydrogens is 731 g/mol. The van der Waals surface area contributed by atoms with Gasteiger partial charge < -0.3 is 13.7 Å². The van der Waals surface area contributed by atoms with Crippen LogP contribution in [-0.4, -0.2) is 0 Å². The fraction of sp³-hybridized carbons (Fsp3) is 0.0526. The molecule has 11 aromatic rings. The summed E-state index contributed by atoms with van der Waals surface area (Å²) in [6.07, 6.45) is 1.84. The average Bonchev–Trinajstić information content (AvgIpc) is 3.82. The van der Waals surface area contributed by atoms with Gasteiger partial charge in [0.15, 0.2) is 0 Å². The number of furan rings is 2. The Hall–Kier alpha value is -7.62. The fourth-order valence-corrected chi connectivity index (χ4v) is 9.78. The predicted molar refractivity (Wildman–Crippen MR) is 249 cm³/mol. The van der Waals surface area contributed by atoms with Gasteiger partial charge in [-0.25, -0.2) is 0 Å². The van der Waals surface area contributed by atoms with Crippen molar-refractivity contribution in [2.75, 3.05) is 4.90 Å². The van der Waals surface area contributed by atoms with Crippen LogP contribution in [0.25, 0.3) is 77.3 Å². The first kappa shape index (κ1) is 34.4. The molecule has 0 amide bonds. The quantitative estimate of drug-likeness (QED) is 0.169. The minimum absolute atomic E-state index is 0.138. The molecule has 0 saturated heterocycles. The first-order valence-corrected chi connectivity index (χ1v) is 20.8. The molecule has 3 nitrogen and oxygen atoms in total. The molecule has 0 fully saturated rings. The van der Waals surface area contributed by atoms with Gasteiger partial charge in [0, 0.05) is 50.1 Å². The highest BCUT2D eigenvalue weighted by molar-refractivity contribution is 6.17. The maximum atomic E-state index is 6.69. The van der Waals surface area contributed by atoms with Gasteiger partial charge in [-0.15, -0.1) is 0 Å². The van der Waals surface area contributed by atoms with Crippen molar-refractivity contribution in [1.82, 2.24) is 0 Å². The standard InChI is InChI=1S/C57H39NO2/c1-4-15-37(16-5-1)56-55-41(36-54-57(56)49-24-11-13-26-52(49)60-54)29-30-45(40-17-14-22-44(33-40)58(42-18-6-2-7-19-42)43-20-8-3-9-21-43)46-31-27-38(34-50(46)55)39-28-32-48-47-23-10-12-25-51(47)59-53(48)35-39/h1-28,31-36,45H,29-30H2. The van der Waals surface area contributed by atoms with E-state index in [1.54, 1.807) is 0 Å². The summed E-state index contributed by atoms with van der Waals surface area (Å²) in [5.41, 5.74) is 18.2. The molecular formula is C57H39NO2. The zero-order valence-electron chi connectivity index (χ0n) is 32.9. The number of rotatable bonds is 6. The molecule has 0 spiro atoms. The summed E-state index contributed by atoms with van der Waals surface area (Å²) in [5.74, 6) is 0.138. The minimum atomic E-state index is 0.138. The number of nitrogens with zero attached hydrogens (tertiary/aromatic N) is 1.